The molecular formula is C8H13NO2. The van der Waals surface area contributed by atoms with Crippen molar-refractivity contribution in [3.05, 3.63) is 0 Å². The first kappa shape index (κ1) is 6.95. The zero-order valence-electron chi connectivity index (χ0n) is 6.72. The summed E-state index contributed by atoms with van der Waals surface area (Å²) in [4.78, 5) is 10.9. The molecule has 0 aromatic carbocycles. The quantitative estimate of drug-likeness (QED) is 0.619. The SMILES string of the molecule is CC1(C2CC2)CCNC(=O)O1. The number of carbonyl (C=O) groups is 1. The van der Waals surface area contributed by atoms with Crippen molar-refractivity contribution >= 4 is 6.09 Å². The summed E-state index contributed by atoms with van der Waals surface area (Å²) in [7, 11) is 0. The molecule has 0 radical (unpaired) electrons. The van der Waals surface area contributed by atoms with E-state index in [0.717, 1.165) is 13.0 Å². The predicted molar refractivity (Wildman–Crippen MR) is 40.2 cm³/mol. The number of hydrogen-bond acceptors (Lipinski definition) is 2. The molecule has 0 aromatic rings. The van der Waals surface area contributed by atoms with Crippen molar-refractivity contribution in [1.82, 2.24) is 5.32 Å². The molecular weight excluding hydrogens is 142 g/mol. The maximum atomic E-state index is 10.9. The van der Waals surface area contributed by atoms with Crippen LogP contribution in [0.2, 0.25) is 0 Å². The zero-order valence-corrected chi connectivity index (χ0v) is 6.72. The van der Waals surface area contributed by atoms with Gasteiger partial charge in [-0.2, -0.15) is 0 Å². The Morgan fingerprint density at radius 1 is 1.64 bits per heavy atom. The summed E-state index contributed by atoms with van der Waals surface area (Å²) in [6.45, 7) is 2.81. The normalized spacial score (nSPS) is 37.7. The van der Waals surface area contributed by atoms with Crippen LogP contribution in [0, 0.1) is 5.92 Å². The Bertz CT molecular complexity index is 189. The van der Waals surface area contributed by atoms with Crippen LogP contribution in [-0.2, 0) is 4.74 Å². The highest BCUT2D eigenvalue weighted by atomic mass is 16.6. The van der Waals surface area contributed by atoms with Gasteiger partial charge in [-0.15, -0.1) is 0 Å². The first-order valence-electron chi connectivity index (χ1n) is 4.17. The fourth-order valence-corrected chi connectivity index (χ4v) is 1.69. The standard InChI is InChI=1S/C8H13NO2/c1-8(6-2-3-6)4-5-9-7(10)11-8/h6H,2-5H2,1H3,(H,9,10). The van der Waals surface area contributed by atoms with Crippen LogP contribution in [0.25, 0.3) is 0 Å². The van der Waals surface area contributed by atoms with Crippen molar-refractivity contribution in [2.75, 3.05) is 6.54 Å². The van der Waals surface area contributed by atoms with Gasteiger partial charge < -0.3 is 10.1 Å². The Morgan fingerprint density at radius 2 is 2.36 bits per heavy atom. The van der Waals surface area contributed by atoms with E-state index in [1.165, 1.54) is 12.8 Å². The molecule has 1 saturated carbocycles. The first-order chi connectivity index (χ1) is 5.21. The number of rotatable bonds is 1. The number of alkyl carbamates (subject to hydrolysis) is 1. The highest BCUT2D eigenvalue weighted by molar-refractivity contribution is 5.68. The highest BCUT2D eigenvalue weighted by Crippen LogP contribution is 2.44. The topological polar surface area (TPSA) is 38.3 Å². The summed E-state index contributed by atoms with van der Waals surface area (Å²) < 4.78 is 5.25. The van der Waals surface area contributed by atoms with Gasteiger partial charge in [0.2, 0.25) is 0 Å². The third-order valence-electron chi connectivity index (χ3n) is 2.66. The summed E-state index contributed by atoms with van der Waals surface area (Å²) >= 11 is 0. The van der Waals surface area contributed by atoms with Crippen LogP contribution in [-0.4, -0.2) is 18.2 Å². The average molecular weight is 155 g/mol. The fraction of sp³-hybridized carbons (Fsp3) is 0.875. The molecule has 2 fully saturated rings. The fourth-order valence-electron chi connectivity index (χ4n) is 1.69. The van der Waals surface area contributed by atoms with Crippen molar-refractivity contribution < 1.29 is 9.53 Å². The minimum Gasteiger partial charge on any atom is -0.443 e. The predicted octanol–water partition coefficient (Wildman–Crippen LogP) is 1.28. The molecule has 3 heteroatoms. The van der Waals surface area contributed by atoms with E-state index in [0.29, 0.717) is 5.92 Å². The smallest absolute Gasteiger partial charge is 0.407 e. The van der Waals surface area contributed by atoms with E-state index in [-0.39, 0.29) is 11.7 Å². The number of amides is 1. The Morgan fingerprint density at radius 3 is 2.91 bits per heavy atom. The van der Waals surface area contributed by atoms with E-state index >= 15 is 0 Å². The van der Waals surface area contributed by atoms with Crippen molar-refractivity contribution in [3.8, 4) is 0 Å². The van der Waals surface area contributed by atoms with Crippen LogP contribution in [0.4, 0.5) is 4.79 Å². The third kappa shape index (κ3) is 1.19. The van der Waals surface area contributed by atoms with Crippen molar-refractivity contribution in [2.45, 2.75) is 31.8 Å². The molecule has 3 nitrogen and oxygen atoms in total. The van der Waals surface area contributed by atoms with Crippen LogP contribution in [0.15, 0.2) is 0 Å². The zero-order chi connectivity index (χ0) is 7.90. The number of carbonyl (C=O) groups excluding carboxylic acids is 1. The number of hydrogen-bond donors (Lipinski definition) is 1. The lowest BCUT2D eigenvalue weighted by Gasteiger charge is -2.33. The van der Waals surface area contributed by atoms with Gasteiger partial charge in [-0.25, -0.2) is 4.79 Å². The van der Waals surface area contributed by atoms with Gasteiger partial charge in [-0.1, -0.05) is 0 Å². The lowest BCUT2D eigenvalue weighted by Crippen LogP contribution is -2.46. The summed E-state index contributed by atoms with van der Waals surface area (Å²) in [5.74, 6) is 0.633. The molecule has 1 aliphatic heterocycles. The van der Waals surface area contributed by atoms with Gasteiger partial charge in [0, 0.05) is 13.0 Å². The van der Waals surface area contributed by atoms with E-state index in [4.69, 9.17) is 4.74 Å². The maximum absolute atomic E-state index is 10.9. The van der Waals surface area contributed by atoms with E-state index in [1.54, 1.807) is 0 Å². The van der Waals surface area contributed by atoms with Gasteiger partial charge in [-0.05, 0) is 25.7 Å². The molecule has 1 unspecified atom stereocenters. The molecule has 1 atom stereocenters. The third-order valence-corrected chi connectivity index (χ3v) is 2.66. The number of ether oxygens (including phenoxy) is 1. The molecule has 1 amide bonds. The van der Waals surface area contributed by atoms with Gasteiger partial charge >= 0.3 is 6.09 Å². The highest BCUT2D eigenvalue weighted by Gasteiger charge is 2.46. The molecule has 0 aromatic heterocycles. The van der Waals surface area contributed by atoms with E-state index in [9.17, 15) is 4.79 Å². The molecule has 11 heavy (non-hydrogen) atoms. The maximum Gasteiger partial charge on any atom is 0.407 e. The van der Waals surface area contributed by atoms with Crippen LogP contribution < -0.4 is 5.32 Å². The lowest BCUT2D eigenvalue weighted by molar-refractivity contribution is -0.0153. The van der Waals surface area contributed by atoms with Crippen LogP contribution in [0.5, 0.6) is 0 Å². The molecule has 0 spiro atoms. The Hall–Kier alpha value is -0.730. The second kappa shape index (κ2) is 2.13. The van der Waals surface area contributed by atoms with Gasteiger partial charge in [0.05, 0.1) is 0 Å². The number of cyclic esters (lactones) is 1. The second-order valence-corrected chi connectivity index (χ2v) is 3.65. The van der Waals surface area contributed by atoms with E-state index in [1.807, 2.05) is 6.92 Å². The monoisotopic (exact) mass is 155 g/mol. The minimum absolute atomic E-state index is 0.150. The van der Waals surface area contributed by atoms with Crippen molar-refractivity contribution in [1.29, 1.82) is 0 Å². The lowest BCUT2D eigenvalue weighted by atomic mass is 9.95. The van der Waals surface area contributed by atoms with Crippen LogP contribution in [0.3, 0.4) is 0 Å². The number of nitrogens with one attached hydrogen (secondary N) is 1. The Labute approximate surface area is 66.1 Å². The molecule has 1 aliphatic carbocycles. The largest absolute Gasteiger partial charge is 0.443 e. The van der Waals surface area contributed by atoms with Crippen molar-refractivity contribution in [3.63, 3.8) is 0 Å². The molecule has 1 N–H and O–H groups in total. The van der Waals surface area contributed by atoms with Crippen LogP contribution >= 0.6 is 0 Å². The Balaban J connectivity index is 2.04. The summed E-state index contributed by atoms with van der Waals surface area (Å²) in [6, 6.07) is 0. The van der Waals surface area contributed by atoms with Gasteiger partial charge in [0.1, 0.15) is 5.60 Å². The summed E-state index contributed by atoms with van der Waals surface area (Å²) in [5, 5.41) is 2.66. The summed E-state index contributed by atoms with van der Waals surface area (Å²) in [6.07, 6.45) is 3.17. The summed E-state index contributed by atoms with van der Waals surface area (Å²) in [5.41, 5.74) is -0.150. The Kier molecular flexibility index (Phi) is 1.34. The van der Waals surface area contributed by atoms with E-state index in [2.05, 4.69) is 5.32 Å². The minimum atomic E-state index is -0.245. The first-order valence-corrected chi connectivity index (χ1v) is 4.17. The molecule has 2 aliphatic rings. The molecule has 0 bridgehead atoms. The molecule has 62 valence electrons. The second-order valence-electron chi connectivity index (χ2n) is 3.65. The van der Waals surface area contributed by atoms with Crippen LogP contribution in [0.1, 0.15) is 26.2 Å². The molecule has 2 rings (SSSR count). The molecule has 1 heterocycles. The van der Waals surface area contributed by atoms with Gasteiger partial charge in [0.15, 0.2) is 0 Å². The van der Waals surface area contributed by atoms with E-state index < -0.39 is 0 Å². The average Bonchev–Trinajstić information content (AvgIpc) is 2.66. The van der Waals surface area contributed by atoms with Crippen molar-refractivity contribution in [2.24, 2.45) is 5.92 Å². The van der Waals surface area contributed by atoms with Gasteiger partial charge in [0.25, 0.3) is 0 Å². The molecule has 1 saturated heterocycles. The van der Waals surface area contributed by atoms with Gasteiger partial charge in [-0.3, -0.25) is 0 Å².